The Labute approximate surface area is 247 Å². The van der Waals surface area contributed by atoms with Crippen LogP contribution in [0.5, 0.6) is 23.0 Å². The summed E-state index contributed by atoms with van der Waals surface area (Å²) in [5, 5.41) is 0. The maximum atomic E-state index is 6.29. The molecular weight excluding hydrogens is 518 g/mol. The van der Waals surface area contributed by atoms with Crippen LogP contribution in [0.2, 0.25) is 0 Å². The van der Waals surface area contributed by atoms with Crippen LogP contribution in [0.3, 0.4) is 0 Å². The predicted octanol–water partition coefficient (Wildman–Crippen LogP) is 8.91. The van der Waals surface area contributed by atoms with Crippen molar-refractivity contribution in [3.8, 4) is 51.1 Å². The number of imidazole rings is 1. The highest BCUT2D eigenvalue weighted by molar-refractivity contribution is 5.72. The zero-order valence-electron chi connectivity index (χ0n) is 24.4. The van der Waals surface area contributed by atoms with Gasteiger partial charge in [-0.15, -0.1) is 0 Å². The summed E-state index contributed by atoms with van der Waals surface area (Å²) in [7, 11) is 2.00. The quantitative estimate of drug-likeness (QED) is 0.186. The summed E-state index contributed by atoms with van der Waals surface area (Å²) in [6, 6.07) is 36.7. The number of ether oxygens (including phenoxy) is 2. The van der Waals surface area contributed by atoms with Crippen molar-refractivity contribution in [1.82, 2.24) is 9.55 Å². The van der Waals surface area contributed by atoms with Gasteiger partial charge in [0.1, 0.15) is 41.1 Å². The van der Waals surface area contributed by atoms with Crippen molar-refractivity contribution in [2.24, 2.45) is 7.05 Å². The molecule has 0 saturated carbocycles. The van der Waals surface area contributed by atoms with E-state index in [-0.39, 0.29) is 5.41 Å². The van der Waals surface area contributed by atoms with Crippen LogP contribution in [0, 0.1) is 0 Å². The minimum Gasteiger partial charge on any atom is -0.457 e. The Morgan fingerprint density at radius 1 is 0.643 bits per heavy atom. The molecular formula is C37H34N3O2+. The van der Waals surface area contributed by atoms with Gasteiger partial charge in [0, 0.05) is 17.8 Å². The van der Waals surface area contributed by atoms with E-state index in [0.717, 1.165) is 51.1 Å². The largest absolute Gasteiger partial charge is 0.457 e. The molecule has 0 atom stereocenters. The molecule has 6 aromatic rings. The van der Waals surface area contributed by atoms with Crippen molar-refractivity contribution >= 4 is 0 Å². The van der Waals surface area contributed by atoms with E-state index in [1.807, 2.05) is 109 Å². The van der Waals surface area contributed by atoms with Gasteiger partial charge in [-0.3, -0.25) is 4.98 Å². The van der Waals surface area contributed by atoms with E-state index in [0.29, 0.717) is 0 Å². The Bertz CT molecular complexity index is 1830. The predicted molar refractivity (Wildman–Crippen MR) is 167 cm³/mol. The SMILES string of the molecule is C[n+]1ccn(-c2cccc(Oc3cccc(-c4cc(-c5cc(Oc6ccccc6)cc(C(C)(C)C)c5)ccn4)c3)c2)c1. The molecule has 6 rings (SSSR count). The number of aromatic nitrogens is 3. The first-order chi connectivity index (χ1) is 20.3. The lowest BCUT2D eigenvalue weighted by molar-refractivity contribution is -0.670. The Morgan fingerprint density at radius 2 is 1.36 bits per heavy atom. The van der Waals surface area contributed by atoms with Crippen LogP contribution in [-0.2, 0) is 12.5 Å². The summed E-state index contributed by atoms with van der Waals surface area (Å²) >= 11 is 0. The van der Waals surface area contributed by atoms with Gasteiger partial charge in [-0.2, -0.15) is 0 Å². The summed E-state index contributed by atoms with van der Waals surface area (Å²) in [5.41, 5.74) is 6.21. The molecule has 208 valence electrons. The second-order valence-electron chi connectivity index (χ2n) is 11.5. The molecule has 0 aliphatic rings. The number of aryl methyl sites for hydroxylation is 1. The highest BCUT2D eigenvalue weighted by atomic mass is 16.5. The summed E-state index contributed by atoms with van der Waals surface area (Å²) in [6.45, 7) is 6.66. The first kappa shape index (κ1) is 27.0. The lowest BCUT2D eigenvalue weighted by Crippen LogP contribution is -2.23. The molecule has 2 aromatic heterocycles. The number of benzene rings is 4. The highest BCUT2D eigenvalue weighted by Gasteiger charge is 2.17. The summed E-state index contributed by atoms with van der Waals surface area (Å²) in [4.78, 5) is 4.71. The molecule has 0 unspecified atom stereocenters. The fourth-order valence-electron chi connectivity index (χ4n) is 4.82. The van der Waals surface area contributed by atoms with Crippen LogP contribution < -0.4 is 14.0 Å². The molecule has 0 saturated heterocycles. The Hall–Kier alpha value is -5.16. The summed E-state index contributed by atoms with van der Waals surface area (Å²) < 4.78 is 16.6. The van der Waals surface area contributed by atoms with Gasteiger partial charge in [-0.25, -0.2) is 9.13 Å². The second kappa shape index (κ2) is 11.4. The minimum absolute atomic E-state index is 0.0390. The van der Waals surface area contributed by atoms with Crippen LogP contribution in [0.25, 0.3) is 28.1 Å². The van der Waals surface area contributed by atoms with Crippen molar-refractivity contribution in [2.45, 2.75) is 26.2 Å². The van der Waals surface area contributed by atoms with Gasteiger partial charge in [0.15, 0.2) is 0 Å². The number of hydrogen-bond donors (Lipinski definition) is 0. The first-order valence-corrected chi connectivity index (χ1v) is 14.1. The van der Waals surface area contributed by atoms with E-state index < -0.39 is 0 Å². The van der Waals surface area contributed by atoms with Gasteiger partial charge in [0.25, 0.3) is 0 Å². The standard InChI is InChI=1S/C37H34N3O2/c1-37(2,3)30-20-29(22-35(24-30)41-32-12-6-5-7-13-32)27-16-17-38-36(23-27)28-10-8-14-33(21-28)42-34-15-9-11-31(25-34)40-19-18-39(4)26-40/h5-26H,1-4H3/q+1. The lowest BCUT2D eigenvalue weighted by atomic mass is 9.85. The zero-order chi connectivity index (χ0) is 29.1. The van der Waals surface area contributed by atoms with Gasteiger partial charge in [0.2, 0.25) is 6.33 Å². The van der Waals surface area contributed by atoms with E-state index in [9.17, 15) is 0 Å². The lowest BCUT2D eigenvalue weighted by Gasteiger charge is -2.21. The van der Waals surface area contributed by atoms with Gasteiger partial charge < -0.3 is 9.47 Å². The molecule has 0 aliphatic heterocycles. The van der Waals surface area contributed by atoms with Gasteiger partial charge >= 0.3 is 0 Å². The summed E-state index contributed by atoms with van der Waals surface area (Å²) in [6.07, 6.45) is 7.91. The molecule has 0 radical (unpaired) electrons. The third kappa shape index (κ3) is 6.26. The molecule has 0 bridgehead atoms. The fourth-order valence-corrected chi connectivity index (χ4v) is 4.82. The van der Waals surface area contributed by atoms with Crippen LogP contribution in [0.4, 0.5) is 0 Å². The molecule has 0 fully saturated rings. The average Bonchev–Trinajstić information content (AvgIpc) is 3.44. The number of pyridine rings is 1. The Morgan fingerprint density at radius 3 is 2.12 bits per heavy atom. The Balaban J connectivity index is 1.29. The average molecular weight is 553 g/mol. The normalized spacial score (nSPS) is 11.3. The molecule has 0 aliphatic carbocycles. The van der Waals surface area contributed by atoms with Crippen molar-refractivity contribution < 1.29 is 14.0 Å². The molecule has 2 heterocycles. The minimum atomic E-state index is -0.0390. The highest BCUT2D eigenvalue weighted by Crippen LogP contribution is 2.35. The van der Waals surface area contributed by atoms with Crippen molar-refractivity contribution in [3.05, 3.63) is 140 Å². The molecule has 42 heavy (non-hydrogen) atoms. The third-order valence-electron chi connectivity index (χ3n) is 7.09. The van der Waals surface area contributed by atoms with Crippen molar-refractivity contribution in [3.63, 3.8) is 0 Å². The van der Waals surface area contributed by atoms with Crippen LogP contribution in [0.1, 0.15) is 26.3 Å². The van der Waals surface area contributed by atoms with Gasteiger partial charge in [0.05, 0.1) is 12.7 Å². The van der Waals surface area contributed by atoms with E-state index in [4.69, 9.17) is 14.5 Å². The first-order valence-electron chi connectivity index (χ1n) is 14.1. The molecule has 5 nitrogen and oxygen atoms in total. The molecule has 0 spiro atoms. The number of para-hydroxylation sites is 1. The second-order valence-corrected chi connectivity index (χ2v) is 11.5. The van der Waals surface area contributed by atoms with E-state index >= 15 is 0 Å². The zero-order valence-corrected chi connectivity index (χ0v) is 24.4. The van der Waals surface area contributed by atoms with Gasteiger partial charge in [-0.1, -0.05) is 63.2 Å². The molecule has 5 heteroatoms. The molecule has 0 amide bonds. The van der Waals surface area contributed by atoms with E-state index in [1.165, 1.54) is 5.56 Å². The van der Waals surface area contributed by atoms with Crippen LogP contribution >= 0.6 is 0 Å². The van der Waals surface area contributed by atoms with E-state index in [2.05, 4.69) is 61.7 Å². The Kier molecular flexibility index (Phi) is 7.32. The number of nitrogens with zero attached hydrogens (tertiary/aromatic N) is 3. The van der Waals surface area contributed by atoms with E-state index in [1.54, 1.807) is 0 Å². The fraction of sp³-hybridized carbons (Fsp3) is 0.135. The maximum absolute atomic E-state index is 6.29. The maximum Gasteiger partial charge on any atom is 0.248 e. The topological polar surface area (TPSA) is 40.2 Å². The van der Waals surface area contributed by atoms with Crippen LogP contribution in [0.15, 0.2) is 134 Å². The third-order valence-corrected chi connectivity index (χ3v) is 7.09. The summed E-state index contributed by atoms with van der Waals surface area (Å²) in [5.74, 6) is 3.15. The molecule has 4 aromatic carbocycles. The number of rotatable bonds is 7. The van der Waals surface area contributed by atoms with Crippen molar-refractivity contribution in [2.75, 3.05) is 0 Å². The smallest absolute Gasteiger partial charge is 0.248 e. The van der Waals surface area contributed by atoms with Gasteiger partial charge in [-0.05, 0) is 82.8 Å². The van der Waals surface area contributed by atoms with Crippen molar-refractivity contribution in [1.29, 1.82) is 0 Å². The monoisotopic (exact) mass is 552 g/mol. The van der Waals surface area contributed by atoms with Crippen LogP contribution in [-0.4, -0.2) is 9.55 Å². The molecule has 0 N–H and O–H groups in total. The number of hydrogen-bond acceptors (Lipinski definition) is 3.